The number of nitrogens with one attached hydrogen (secondary N) is 1. The molecule has 0 aliphatic rings. The molecule has 1 aromatic carbocycles. The number of hydrogen-bond donors (Lipinski definition) is 2. The Labute approximate surface area is 118 Å². The van der Waals surface area contributed by atoms with Gasteiger partial charge in [0.25, 0.3) is 10.0 Å². The van der Waals surface area contributed by atoms with E-state index in [0.29, 0.717) is 0 Å². The number of rotatable bonds is 3. The van der Waals surface area contributed by atoms with E-state index in [2.05, 4.69) is 31.4 Å². The lowest BCUT2D eigenvalue weighted by Crippen LogP contribution is -2.13. The molecule has 0 aliphatic heterocycles. The van der Waals surface area contributed by atoms with Crippen molar-refractivity contribution in [2.24, 2.45) is 5.73 Å². The average Bonchev–Trinajstić information content (AvgIpc) is 2.89. The van der Waals surface area contributed by atoms with E-state index in [0.717, 1.165) is 17.6 Å². The third-order valence-electron chi connectivity index (χ3n) is 2.10. The van der Waals surface area contributed by atoms with Crippen LogP contribution in [0.25, 0.3) is 0 Å². The Morgan fingerprint density at radius 2 is 2.25 bits per heavy atom. The lowest BCUT2D eigenvalue weighted by molar-refractivity contribution is 0.594. The smallest absolute Gasteiger partial charge is 0.263 e. The molecule has 2 rings (SSSR count). The highest BCUT2D eigenvalue weighted by Crippen LogP contribution is 2.18. The fraction of sp³-hybridized carbons (Fsp3) is 0.100. The average molecular weight is 313 g/mol. The molecule has 0 radical (unpaired) electrons. The number of nitrogens with zero attached hydrogens (tertiary/aromatic N) is 3. The highest BCUT2D eigenvalue weighted by molar-refractivity contribution is 7.93. The van der Waals surface area contributed by atoms with E-state index in [4.69, 9.17) is 5.73 Å². The monoisotopic (exact) mass is 313 g/mol. The van der Waals surface area contributed by atoms with Gasteiger partial charge in [-0.15, -0.1) is 0 Å². The van der Waals surface area contributed by atoms with Crippen LogP contribution in [0.3, 0.4) is 0 Å². The first kappa shape index (κ1) is 14.3. The second-order valence-corrected chi connectivity index (χ2v) is 5.84. The fourth-order valence-electron chi connectivity index (χ4n) is 1.26. The van der Waals surface area contributed by atoms with Crippen molar-refractivity contribution >= 4 is 26.7 Å². The Morgan fingerprint density at radius 3 is 2.85 bits per heavy atom. The summed E-state index contributed by atoms with van der Waals surface area (Å²) >= 11 is 0.770. The molecule has 0 amide bonds. The van der Waals surface area contributed by atoms with Gasteiger partial charge in [0.2, 0.25) is 5.13 Å². The van der Waals surface area contributed by atoms with Crippen molar-refractivity contribution in [3.05, 3.63) is 29.6 Å². The van der Waals surface area contributed by atoms with Gasteiger partial charge in [-0.3, -0.25) is 4.72 Å². The Kier molecular flexibility index (Phi) is 4.23. The summed E-state index contributed by atoms with van der Waals surface area (Å²) in [7, 11) is -3.94. The number of anilines is 1. The quantitative estimate of drug-likeness (QED) is 0.782. The first-order valence-electron chi connectivity index (χ1n) is 5.19. The molecular formula is C10H8FN5O2S2. The molecule has 7 nitrogen and oxygen atoms in total. The molecule has 0 spiro atoms. The van der Waals surface area contributed by atoms with E-state index < -0.39 is 15.8 Å². The summed E-state index contributed by atoms with van der Waals surface area (Å²) in [5.74, 6) is 4.24. The molecule has 104 valence electrons. The predicted molar refractivity (Wildman–Crippen MR) is 70.8 cm³/mol. The fourth-order valence-corrected chi connectivity index (χ4v) is 2.85. The SMILES string of the molecule is NCC#Cc1ccc(S(=O)(=O)Nc2nnns2)cc1F. The van der Waals surface area contributed by atoms with Crippen molar-refractivity contribution in [2.45, 2.75) is 4.90 Å². The molecule has 10 heteroatoms. The van der Waals surface area contributed by atoms with Crippen LogP contribution in [0.15, 0.2) is 23.1 Å². The minimum absolute atomic E-state index is 0.00240. The summed E-state index contributed by atoms with van der Waals surface area (Å²) in [6.45, 7) is 0.0884. The second kappa shape index (κ2) is 5.91. The third kappa shape index (κ3) is 3.27. The van der Waals surface area contributed by atoms with Crippen molar-refractivity contribution < 1.29 is 12.8 Å². The number of benzene rings is 1. The second-order valence-electron chi connectivity index (χ2n) is 3.42. The summed E-state index contributed by atoms with van der Waals surface area (Å²) in [5, 5.41) is 6.69. The molecule has 1 aromatic heterocycles. The maximum Gasteiger partial charge on any atom is 0.263 e. The van der Waals surface area contributed by atoms with Gasteiger partial charge in [-0.1, -0.05) is 21.4 Å². The van der Waals surface area contributed by atoms with Gasteiger partial charge in [-0.05, 0) is 23.4 Å². The van der Waals surface area contributed by atoms with Gasteiger partial charge in [-0.2, -0.15) is 0 Å². The zero-order valence-electron chi connectivity index (χ0n) is 9.87. The van der Waals surface area contributed by atoms with Gasteiger partial charge in [0, 0.05) is 11.5 Å². The minimum atomic E-state index is -3.94. The molecule has 0 atom stereocenters. The van der Waals surface area contributed by atoms with Gasteiger partial charge in [-0.25, -0.2) is 12.8 Å². The molecule has 0 saturated heterocycles. The molecular weight excluding hydrogens is 305 g/mol. The van der Waals surface area contributed by atoms with Crippen LogP contribution in [0.4, 0.5) is 9.52 Å². The van der Waals surface area contributed by atoms with Crippen LogP contribution in [-0.4, -0.2) is 29.8 Å². The third-order valence-corrected chi connectivity index (χ3v) is 4.07. The number of sulfonamides is 1. The van der Waals surface area contributed by atoms with Gasteiger partial charge < -0.3 is 5.73 Å². The van der Waals surface area contributed by atoms with Crippen molar-refractivity contribution in [1.82, 2.24) is 14.8 Å². The Bertz CT molecular complexity index is 765. The summed E-state index contributed by atoms with van der Waals surface area (Å²) < 4.78 is 43.2. The van der Waals surface area contributed by atoms with E-state index in [9.17, 15) is 12.8 Å². The summed E-state index contributed by atoms with van der Waals surface area (Å²) in [4.78, 5) is -0.247. The molecule has 2 aromatic rings. The van der Waals surface area contributed by atoms with Crippen LogP contribution in [-0.2, 0) is 10.0 Å². The van der Waals surface area contributed by atoms with E-state index in [1.165, 1.54) is 12.1 Å². The van der Waals surface area contributed by atoms with E-state index in [-0.39, 0.29) is 22.1 Å². The van der Waals surface area contributed by atoms with Crippen LogP contribution < -0.4 is 10.5 Å². The van der Waals surface area contributed by atoms with Gasteiger partial charge in [0.05, 0.1) is 17.0 Å². The van der Waals surface area contributed by atoms with E-state index in [1.54, 1.807) is 0 Å². The van der Waals surface area contributed by atoms with Crippen LogP contribution in [0.2, 0.25) is 0 Å². The van der Waals surface area contributed by atoms with Crippen LogP contribution in [0.5, 0.6) is 0 Å². The summed E-state index contributed by atoms with van der Waals surface area (Å²) in [5.41, 5.74) is 5.26. The Hall–Kier alpha value is -2.09. The highest BCUT2D eigenvalue weighted by Gasteiger charge is 2.17. The van der Waals surface area contributed by atoms with Crippen LogP contribution >= 0.6 is 11.5 Å². The predicted octanol–water partition coefficient (Wildman–Crippen LogP) is 0.183. The Balaban J connectivity index is 2.31. The standard InChI is InChI=1S/C10H8FN5O2S2/c11-9-6-8(4-3-7(9)2-1-5-12)20(17,18)14-10-13-15-16-19-10/h3-4,6H,5,12H2,(H,13,14,16). The molecule has 3 N–H and O–H groups in total. The maximum atomic E-state index is 13.7. The zero-order valence-corrected chi connectivity index (χ0v) is 11.5. The maximum absolute atomic E-state index is 13.7. The van der Waals surface area contributed by atoms with Gasteiger partial charge in [0.1, 0.15) is 5.82 Å². The van der Waals surface area contributed by atoms with Crippen molar-refractivity contribution in [3.8, 4) is 11.8 Å². The highest BCUT2D eigenvalue weighted by atomic mass is 32.2. The lowest BCUT2D eigenvalue weighted by atomic mass is 10.2. The van der Waals surface area contributed by atoms with E-state index in [1.807, 2.05) is 0 Å². The van der Waals surface area contributed by atoms with Crippen LogP contribution in [0.1, 0.15) is 5.56 Å². The first-order chi connectivity index (χ1) is 9.53. The lowest BCUT2D eigenvalue weighted by Gasteiger charge is -2.05. The molecule has 1 heterocycles. The number of halogens is 1. The van der Waals surface area contributed by atoms with Gasteiger partial charge >= 0.3 is 0 Å². The van der Waals surface area contributed by atoms with Crippen molar-refractivity contribution in [1.29, 1.82) is 0 Å². The van der Waals surface area contributed by atoms with E-state index >= 15 is 0 Å². The molecule has 20 heavy (non-hydrogen) atoms. The summed E-state index contributed by atoms with van der Waals surface area (Å²) in [6.07, 6.45) is 0. The van der Waals surface area contributed by atoms with Crippen molar-refractivity contribution in [3.63, 3.8) is 0 Å². The molecule has 0 fully saturated rings. The topological polar surface area (TPSA) is 111 Å². The molecule has 0 unspecified atom stereocenters. The van der Waals surface area contributed by atoms with Crippen LogP contribution in [0, 0.1) is 17.7 Å². The number of aromatic nitrogens is 3. The van der Waals surface area contributed by atoms with Gasteiger partial charge in [0.15, 0.2) is 0 Å². The minimum Gasteiger partial charge on any atom is -0.320 e. The number of nitrogens with two attached hydrogens (primary N) is 1. The molecule has 0 aliphatic carbocycles. The molecule has 0 saturated carbocycles. The molecule has 0 bridgehead atoms. The number of hydrogen-bond acceptors (Lipinski definition) is 7. The zero-order chi connectivity index (χ0) is 14.6. The van der Waals surface area contributed by atoms with Crippen molar-refractivity contribution in [2.75, 3.05) is 11.3 Å². The largest absolute Gasteiger partial charge is 0.320 e. The summed E-state index contributed by atoms with van der Waals surface area (Å²) in [6, 6.07) is 3.38. The Morgan fingerprint density at radius 1 is 1.45 bits per heavy atom. The first-order valence-corrected chi connectivity index (χ1v) is 7.45. The normalized spacial score (nSPS) is 10.7.